The molecule has 0 radical (unpaired) electrons. The fourth-order valence-corrected chi connectivity index (χ4v) is 2.51. The van der Waals surface area contributed by atoms with Gasteiger partial charge in [-0.15, -0.1) is 0 Å². The Morgan fingerprint density at radius 3 is 2.59 bits per heavy atom. The molecule has 2 N–H and O–H groups in total. The third-order valence-corrected chi connectivity index (χ3v) is 3.77. The molecule has 17 heavy (non-hydrogen) atoms. The molecule has 0 aromatic heterocycles. The summed E-state index contributed by atoms with van der Waals surface area (Å²) in [7, 11) is 1.62. The number of phenols is 2. The van der Waals surface area contributed by atoms with Crippen LogP contribution in [0.4, 0.5) is 0 Å². The van der Waals surface area contributed by atoms with Crippen LogP contribution < -0.4 is 0 Å². The largest absolute Gasteiger partial charge is 0.504 e. The van der Waals surface area contributed by atoms with Crippen LogP contribution in [0.15, 0.2) is 23.1 Å². The molecule has 0 atom stereocenters. The topological polar surface area (TPSA) is 60.8 Å². The summed E-state index contributed by atoms with van der Waals surface area (Å²) in [5.41, 5.74) is 0.634. The second-order valence-electron chi connectivity index (χ2n) is 3.49. The molecule has 1 aliphatic rings. The zero-order valence-corrected chi connectivity index (χ0v) is 10.5. The van der Waals surface area contributed by atoms with Crippen molar-refractivity contribution in [2.75, 3.05) is 7.05 Å². The SMILES string of the molecule is CN1C(=O)/C(=C\c2ccc(O)c(O)c2)SC1=S. The number of nitrogens with zero attached hydrogens (tertiary/aromatic N) is 1. The van der Waals surface area contributed by atoms with Crippen LogP contribution in [0.5, 0.6) is 11.5 Å². The van der Waals surface area contributed by atoms with Gasteiger partial charge in [-0.25, -0.2) is 0 Å². The van der Waals surface area contributed by atoms with Crippen molar-refractivity contribution in [3.05, 3.63) is 28.7 Å². The molecule has 1 amide bonds. The number of benzene rings is 1. The molecule has 1 fully saturated rings. The highest BCUT2D eigenvalue weighted by Crippen LogP contribution is 2.33. The smallest absolute Gasteiger partial charge is 0.265 e. The molecule has 1 heterocycles. The molecular formula is C11H9NO3S2. The lowest BCUT2D eigenvalue weighted by molar-refractivity contribution is -0.121. The zero-order valence-electron chi connectivity index (χ0n) is 8.88. The van der Waals surface area contributed by atoms with Gasteiger partial charge in [-0.1, -0.05) is 30.0 Å². The second kappa shape index (κ2) is 4.38. The van der Waals surface area contributed by atoms with Crippen molar-refractivity contribution >= 4 is 40.3 Å². The molecule has 4 nitrogen and oxygen atoms in total. The lowest BCUT2D eigenvalue weighted by Gasteiger charge is -2.03. The van der Waals surface area contributed by atoms with E-state index in [0.717, 1.165) is 0 Å². The number of carbonyl (C=O) groups is 1. The van der Waals surface area contributed by atoms with E-state index in [-0.39, 0.29) is 17.4 Å². The maximum Gasteiger partial charge on any atom is 0.265 e. The van der Waals surface area contributed by atoms with Crippen LogP contribution in [0.25, 0.3) is 6.08 Å². The summed E-state index contributed by atoms with van der Waals surface area (Å²) in [6, 6.07) is 4.36. The highest BCUT2D eigenvalue weighted by Gasteiger charge is 2.28. The van der Waals surface area contributed by atoms with Gasteiger partial charge in [-0.2, -0.15) is 0 Å². The Kier molecular flexibility index (Phi) is 3.08. The van der Waals surface area contributed by atoms with Crippen molar-refractivity contribution in [2.45, 2.75) is 0 Å². The molecule has 6 heteroatoms. The van der Waals surface area contributed by atoms with Crippen LogP contribution in [0.3, 0.4) is 0 Å². The summed E-state index contributed by atoms with van der Waals surface area (Å²) in [6.45, 7) is 0. The number of thiocarbonyl (C=S) groups is 1. The third kappa shape index (κ3) is 2.27. The van der Waals surface area contributed by atoms with Crippen LogP contribution in [-0.2, 0) is 4.79 Å². The first-order valence-electron chi connectivity index (χ1n) is 4.72. The number of hydrogen-bond acceptors (Lipinski definition) is 5. The summed E-state index contributed by atoms with van der Waals surface area (Å²) in [4.78, 5) is 13.6. The van der Waals surface area contributed by atoms with E-state index in [1.54, 1.807) is 19.2 Å². The highest BCUT2D eigenvalue weighted by molar-refractivity contribution is 8.26. The molecule has 0 unspecified atom stereocenters. The van der Waals surface area contributed by atoms with Gasteiger partial charge in [0.2, 0.25) is 0 Å². The Morgan fingerprint density at radius 2 is 2.06 bits per heavy atom. The van der Waals surface area contributed by atoms with Crippen molar-refractivity contribution in [3.8, 4) is 11.5 Å². The standard InChI is InChI=1S/C11H9NO3S2/c1-12-10(15)9(17-11(12)16)5-6-2-3-7(13)8(14)4-6/h2-5,13-14H,1H3/b9-5+. The molecule has 1 aliphatic heterocycles. The zero-order chi connectivity index (χ0) is 12.6. The van der Waals surface area contributed by atoms with Crippen molar-refractivity contribution in [2.24, 2.45) is 0 Å². The average molecular weight is 267 g/mol. The van der Waals surface area contributed by atoms with Gasteiger partial charge >= 0.3 is 0 Å². The van der Waals surface area contributed by atoms with Gasteiger partial charge in [0.25, 0.3) is 5.91 Å². The number of hydrogen-bond donors (Lipinski definition) is 2. The van der Waals surface area contributed by atoms with E-state index in [1.807, 2.05) is 0 Å². The van der Waals surface area contributed by atoms with Gasteiger partial charge in [0.1, 0.15) is 4.32 Å². The van der Waals surface area contributed by atoms with Crippen LogP contribution in [0.1, 0.15) is 5.56 Å². The van der Waals surface area contributed by atoms with E-state index in [2.05, 4.69) is 0 Å². The first-order valence-corrected chi connectivity index (χ1v) is 5.95. The van der Waals surface area contributed by atoms with Crippen LogP contribution in [0.2, 0.25) is 0 Å². The van der Waals surface area contributed by atoms with Crippen molar-refractivity contribution in [1.29, 1.82) is 0 Å². The van der Waals surface area contributed by atoms with E-state index in [0.29, 0.717) is 14.8 Å². The quantitative estimate of drug-likeness (QED) is 0.462. The molecule has 0 bridgehead atoms. The monoisotopic (exact) mass is 267 g/mol. The summed E-state index contributed by atoms with van der Waals surface area (Å²) in [5, 5.41) is 18.5. The normalized spacial score (nSPS) is 18.2. The molecule has 1 aromatic rings. The number of carbonyl (C=O) groups excluding carboxylic acids is 1. The Morgan fingerprint density at radius 1 is 1.35 bits per heavy atom. The minimum absolute atomic E-state index is 0.160. The molecule has 0 spiro atoms. The molecular weight excluding hydrogens is 258 g/mol. The molecule has 2 rings (SSSR count). The minimum Gasteiger partial charge on any atom is -0.504 e. The number of thioether (sulfide) groups is 1. The van der Waals surface area contributed by atoms with Gasteiger partial charge < -0.3 is 10.2 Å². The minimum atomic E-state index is -0.217. The van der Waals surface area contributed by atoms with Crippen molar-refractivity contribution in [1.82, 2.24) is 4.90 Å². The van der Waals surface area contributed by atoms with Crippen LogP contribution in [-0.4, -0.2) is 32.4 Å². The fraction of sp³-hybridized carbons (Fsp3) is 0.0909. The van der Waals surface area contributed by atoms with E-state index in [4.69, 9.17) is 17.3 Å². The highest BCUT2D eigenvalue weighted by atomic mass is 32.2. The maximum absolute atomic E-state index is 11.7. The lowest BCUT2D eigenvalue weighted by Crippen LogP contribution is -2.22. The van der Waals surface area contributed by atoms with E-state index in [1.165, 1.54) is 28.8 Å². The van der Waals surface area contributed by atoms with E-state index in [9.17, 15) is 9.90 Å². The fourth-order valence-electron chi connectivity index (χ4n) is 1.33. The first kappa shape index (κ1) is 11.9. The Balaban J connectivity index is 2.34. The second-order valence-corrected chi connectivity index (χ2v) is 5.16. The molecule has 0 saturated carbocycles. The van der Waals surface area contributed by atoms with E-state index < -0.39 is 0 Å². The van der Waals surface area contributed by atoms with Gasteiger partial charge in [0.05, 0.1) is 4.91 Å². The molecule has 1 saturated heterocycles. The molecule has 0 aliphatic carbocycles. The van der Waals surface area contributed by atoms with Crippen molar-refractivity contribution < 1.29 is 15.0 Å². The maximum atomic E-state index is 11.7. The van der Waals surface area contributed by atoms with Gasteiger partial charge in [0, 0.05) is 7.05 Å². The predicted molar refractivity (Wildman–Crippen MR) is 70.7 cm³/mol. The van der Waals surface area contributed by atoms with Gasteiger partial charge in [-0.3, -0.25) is 9.69 Å². The first-order chi connectivity index (χ1) is 7.99. The number of likely N-dealkylation sites (N-methyl/N-ethyl adjacent to an activating group) is 1. The number of amides is 1. The Bertz CT molecular complexity index is 540. The van der Waals surface area contributed by atoms with Crippen LogP contribution >= 0.6 is 24.0 Å². The third-order valence-electron chi connectivity index (χ3n) is 2.28. The summed E-state index contributed by atoms with van der Waals surface area (Å²) in [6.07, 6.45) is 1.63. The van der Waals surface area contributed by atoms with Gasteiger partial charge in [0.15, 0.2) is 11.5 Å². The van der Waals surface area contributed by atoms with Crippen molar-refractivity contribution in [3.63, 3.8) is 0 Å². The number of phenolic OH excluding ortho intramolecular Hbond substituents is 2. The lowest BCUT2D eigenvalue weighted by atomic mass is 10.2. The molecule has 88 valence electrons. The van der Waals surface area contributed by atoms with Crippen LogP contribution in [0, 0.1) is 0 Å². The average Bonchev–Trinajstić information content (AvgIpc) is 2.52. The summed E-state index contributed by atoms with van der Waals surface area (Å²) >= 11 is 6.21. The Labute approximate surface area is 108 Å². The Hall–Kier alpha value is -1.53. The van der Waals surface area contributed by atoms with Gasteiger partial charge in [-0.05, 0) is 23.8 Å². The summed E-state index contributed by atoms with van der Waals surface area (Å²) < 4.78 is 0.504. The van der Waals surface area contributed by atoms with E-state index >= 15 is 0 Å². The molecule has 1 aromatic carbocycles. The predicted octanol–water partition coefficient (Wildman–Crippen LogP) is 1.93. The number of rotatable bonds is 1. The number of aromatic hydroxyl groups is 2. The summed E-state index contributed by atoms with van der Waals surface area (Å²) in [5.74, 6) is -0.566.